The van der Waals surface area contributed by atoms with E-state index in [0.29, 0.717) is 62.4 Å². The zero-order valence-corrected chi connectivity index (χ0v) is 23.0. The van der Waals surface area contributed by atoms with Crippen LogP contribution >= 0.6 is 0 Å². The highest BCUT2D eigenvalue weighted by molar-refractivity contribution is 6.50. The molecule has 4 aliphatic rings. The second-order valence-corrected chi connectivity index (χ2v) is 11.0. The molecule has 0 saturated carbocycles. The SMILES string of the molecule is CCCN1C(=O)C2(C(=C(O)c3ccc4c(c3)CC(C)O4)C(=O)C(=O)N2CCCN2CCOCC2)c2ccccc21. The van der Waals surface area contributed by atoms with E-state index in [1.165, 1.54) is 4.90 Å². The highest BCUT2D eigenvalue weighted by Crippen LogP contribution is 2.53. The number of anilines is 1. The number of ether oxygens (including phenoxy) is 2. The van der Waals surface area contributed by atoms with Crippen molar-refractivity contribution in [3.05, 3.63) is 64.7 Å². The molecule has 0 radical (unpaired) electrons. The third-order valence-electron chi connectivity index (χ3n) is 8.39. The molecule has 9 nitrogen and oxygen atoms in total. The van der Waals surface area contributed by atoms with Crippen LogP contribution in [0.3, 0.4) is 0 Å². The van der Waals surface area contributed by atoms with Crippen molar-refractivity contribution in [2.45, 2.75) is 44.8 Å². The molecule has 40 heavy (non-hydrogen) atoms. The van der Waals surface area contributed by atoms with Crippen molar-refractivity contribution in [3.8, 4) is 5.75 Å². The molecule has 2 atom stereocenters. The van der Waals surface area contributed by atoms with Crippen molar-refractivity contribution in [2.24, 2.45) is 0 Å². The molecule has 2 fully saturated rings. The summed E-state index contributed by atoms with van der Waals surface area (Å²) in [5.74, 6) is -1.57. The Morgan fingerprint density at radius 1 is 1.05 bits per heavy atom. The minimum Gasteiger partial charge on any atom is -0.507 e. The van der Waals surface area contributed by atoms with Crippen LogP contribution in [0.2, 0.25) is 0 Å². The van der Waals surface area contributed by atoms with Crippen molar-refractivity contribution in [1.82, 2.24) is 9.80 Å². The van der Waals surface area contributed by atoms with E-state index >= 15 is 0 Å². The number of carbonyl (C=O) groups excluding carboxylic acids is 3. The normalized spacial score (nSPS) is 25.6. The van der Waals surface area contributed by atoms with E-state index in [1.54, 1.807) is 29.2 Å². The number of aliphatic hydroxyl groups is 1. The molecule has 0 aliphatic carbocycles. The first-order valence-electron chi connectivity index (χ1n) is 14.2. The predicted octanol–water partition coefficient (Wildman–Crippen LogP) is 3.06. The Balaban J connectivity index is 1.48. The van der Waals surface area contributed by atoms with Gasteiger partial charge in [-0.3, -0.25) is 19.3 Å². The number of likely N-dealkylation sites (tertiary alicyclic amines) is 1. The molecular formula is C31H35N3O6. The predicted molar refractivity (Wildman–Crippen MR) is 149 cm³/mol. The van der Waals surface area contributed by atoms with Gasteiger partial charge < -0.3 is 24.4 Å². The van der Waals surface area contributed by atoms with Gasteiger partial charge in [-0.1, -0.05) is 25.1 Å². The van der Waals surface area contributed by atoms with Gasteiger partial charge in [0.1, 0.15) is 17.6 Å². The molecule has 2 saturated heterocycles. The number of para-hydroxylation sites is 1. The van der Waals surface area contributed by atoms with E-state index in [0.717, 1.165) is 24.4 Å². The van der Waals surface area contributed by atoms with Crippen LogP contribution in [0, 0.1) is 0 Å². The van der Waals surface area contributed by atoms with Crippen molar-refractivity contribution in [3.63, 3.8) is 0 Å². The van der Waals surface area contributed by atoms with Gasteiger partial charge in [0.05, 0.1) is 24.5 Å². The van der Waals surface area contributed by atoms with Gasteiger partial charge in [-0.2, -0.15) is 0 Å². The number of amides is 2. The zero-order chi connectivity index (χ0) is 28.0. The molecule has 2 aromatic carbocycles. The second kappa shape index (κ2) is 10.4. The third kappa shape index (κ3) is 4.02. The topological polar surface area (TPSA) is 99.6 Å². The molecule has 4 heterocycles. The van der Waals surface area contributed by atoms with Gasteiger partial charge >= 0.3 is 0 Å². The second-order valence-electron chi connectivity index (χ2n) is 11.0. The number of nitrogens with zero attached hydrogens (tertiary/aromatic N) is 3. The Morgan fingerprint density at radius 2 is 1.82 bits per heavy atom. The zero-order valence-electron chi connectivity index (χ0n) is 23.0. The quantitative estimate of drug-likeness (QED) is 0.324. The number of benzene rings is 2. The van der Waals surface area contributed by atoms with Gasteiger partial charge in [-0.25, -0.2) is 0 Å². The van der Waals surface area contributed by atoms with Crippen molar-refractivity contribution >= 4 is 29.0 Å². The maximum atomic E-state index is 14.5. The van der Waals surface area contributed by atoms with Crippen LogP contribution in [-0.2, 0) is 31.1 Å². The Morgan fingerprint density at radius 3 is 2.60 bits per heavy atom. The summed E-state index contributed by atoms with van der Waals surface area (Å²) in [5.41, 5.74) is 0.636. The number of fused-ring (bicyclic) bond motifs is 3. The van der Waals surface area contributed by atoms with Crippen molar-refractivity contribution in [1.29, 1.82) is 0 Å². The third-order valence-corrected chi connectivity index (χ3v) is 8.39. The standard InChI is InChI=1S/C31H35N3O6/c1-3-11-33-24-8-5-4-7-23(24)31(30(33)38)26(27(35)21-9-10-25-22(19-21)18-20(2)40-25)28(36)29(37)34(31)13-6-12-32-14-16-39-17-15-32/h4-5,7-10,19-20,35H,3,6,11-18H2,1-2H3. The van der Waals surface area contributed by atoms with E-state index in [9.17, 15) is 19.5 Å². The number of morpholine rings is 1. The lowest BCUT2D eigenvalue weighted by atomic mass is 9.81. The van der Waals surface area contributed by atoms with Crippen molar-refractivity contribution in [2.75, 3.05) is 50.8 Å². The summed E-state index contributed by atoms with van der Waals surface area (Å²) < 4.78 is 11.3. The lowest BCUT2D eigenvalue weighted by Crippen LogP contribution is -2.52. The molecule has 2 amide bonds. The highest BCUT2D eigenvalue weighted by atomic mass is 16.5. The summed E-state index contributed by atoms with van der Waals surface area (Å²) in [6.07, 6.45) is 1.95. The van der Waals surface area contributed by atoms with Crippen LogP contribution in [0.4, 0.5) is 5.69 Å². The first-order valence-corrected chi connectivity index (χ1v) is 14.2. The Hall–Kier alpha value is -3.69. The molecule has 2 aromatic rings. The molecule has 4 aliphatic heterocycles. The molecular weight excluding hydrogens is 510 g/mol. The van der Waals surface area contributed by atoms with Gasteiger partial charge in [0, 0.05) is 50.3 Å². The maximum Gasteiger partial charge on any atom is 0.296 e. The molecule has 1 spiro atoms. The average molecular weight is 546 g/mol. The Labute approximate surface area is 233 Å². The van der Waals surface area contributed by atoms with Gasteiger partial charge in [-0.15, -0.1) is 0 Å². The molecule has 210 valence electrons. The Bertz CT molecular complexity index is 1400. The minimum atomic E-state index is -1.72. The summed E-state index contributed by atoms with van der Waals surface area (Å²) >= 11 is 0. The molecule has 6 rings (SSSR count). The van der Waals surface area contributed by atoms with E-state index in [2.05, 4.69) is 4.90 Å². The number of hydrogen-bond acceptors (Lipinski definition) is 7. The van der Waals surface area contributed by atoms with E-state index in [-0.39, 0.29) is 29.9 Å². The van der Waals surface area contributed by atoms with E-state index < -0.39 is 17.2 Å². The molecule has 0 aromatic heterocycles. The van der Waals surface area contributed by atoms with Gasteiger partial charge in [-0.05, 0) is 49.6 Å². The molecule has 9 heteroatoms. The number of ketones is 1. The van der Waals surface area contributed by atoms with Gasteiger partial charge in [0.2, 0.25) is 0 Å². The first-order chi connectivity index (χ1) is 19.4. The smallest absolute Gasteiger partial charge is 0.296 e. The summed E-state index contributed by atoms with van der Waals surface area (Å²) in [4.78, 5) is 47.4. The van der Waals surface area contributed by atoms with Crippen molar-refractivity contribution < 1.29 is 29.0 Å². The molecule has 0 bridgehead atoms. The van der Waals surface area contributed by atoms with E-state index in [1.807, 2.05) is 32.0 Å². The fraction of sp³-hybridized carbons (Fsp3) is 0.452. The van der Waals surface area contributed by atoms with E-state index in [4.69, 9.17) is 9.47 Å². The van der Waals surface area contributed by atoms with Crippen LogP contribution in [0.15, 0.2) is 48.0 Å². The summed E-state index contributed by atoms with van der Waals surface area (Å²) in [5, 5.41) is 11.8. The van der Waals surface area contributed by atoms with Gasteiger partial charge in [0.15, 0.2) is 5.54 Å². The van der Waals surface area contributed by atoms with Crippen LogP contribution < -0.4 is 9.64 Å². The largest absolute Gasteiger partial charge is 0.507 e. The molecule has 1 N–H and O–H groups in total. The monoisotopic (exact) mass is 545 g/mol. The van der Waals surface area contributed by atoms with Crippen LogP contribution in [0.25, 0.3) is 5.76 Å². The number of Topliss-reactive ketones (excluding diaryl/α,β-unsaturated/α-hetero) is 1. The summed E-state index contributed by atoms with van der Waals surface area (Å²) in [6.45, 7) is 8.22. The number of rotatable bonds is 7. The van der Waals surface area contributed by atoms with Crippen LogP contribution in [0.1, 0.15) is 43.4 Å². The number of aliphatic hydroxyl groups excluding tert-OH is 1. The number of carbonyl (C=O) groups is 3. The van der Waals surface area contributed by atoms with Gasteiger partial charge in [0.25, 0.3) is 17.6 Å². The fourth-order valence-electron chi connectivity index (χ4n) is 6.60. The minimum absolute atomic E-state index is 0.00826. The number of hydrogen-bond donors (Lipinski definition) is 1. The average Bonchev–Trinajstić information content (AvgIpc) is 3.53. The highest BCUT2D eigenvalue weighted by Gasteiger charge is 2.66. The lowest BCUT2D eigenvalue weighted by molar-refractivity contribution is -0.143. The summed E-state index contributed by atoms with van der Waals surface area (Å²) in [7, 11) is 0. The molecule has 2 unspecified atom stereocenters. The Kier molecular flexibility index (Phi) is 6.88. The fourth-order valence-corrected chi connectivity index (χ4v) is 6.60. The summed E-state index contributed by atoms with van der Waals surface area (Å²) in [6, 6.07) is 12.6. The first kappa shape index (κ1) is 26.5. The maximum absolute atomic E-state index is 14.5. The van der Waals surface area contributed by atoms with Crippen LogP contribution in [0.5, 0.6) is 5.75 Å². The van der Waals surface area contributed by atoms with Crippen LogP contribution in [-0.4, -0.2) is 84.5 Å². The lowest BCUT2D eigenvalue weighted by Gasteiger charge is -2.35.